The number of urea groups is 1. The number of halogens is 2. The van der Waals surface area contributed by atoms with E-state index < -0.39 is 12.1 Å². The number of ether oxygens (including phenoxy) is 2. The first-order valence-electron chi connectivity index (χ1n) is 7.20. The molecular formula is C17H18ClFN2O3. The Morgan fingerprint density at radius 3 is 2.71 bits per heavy atom. The van der Waals surface area contributed by atoms with Gasteiger partial charge in [0.15, 0.2) is 0 Å². The minimum Gasteiger partial charge on any atom is -0.495 e. The molecule has 1 atom stereocenters. The third kappa shape index (κ3) is 4.84. The molecule has 0 aromatic heterocycles. The van der Waals surface area contributed by atoms with Crippen LogP contribution in [-0.4, -0.2) is 26.8 Å². The summed E-state index contributed by atoms with van der Waals surface area (Å²) in [5.41, 5.74) is 1.08. The van der Waals surface area contributed by atoms with E-state index in [-0.39, 0.29) is 12.4 Å². The number of carbonyl (C=O) groups excluding carboxylic acids is 1. The number of hydrogen-bond acceptors (Lipinski definition) is 3. The van der Waals surface area contributed by atoms with Crippen molar-refractivity contribution in [2.45, 2.75) is 6.10 Å². The van der Waals surface area contributed by atoms with Gasteiger partial charge >= 0.3 is 6.03 Å². The Morgan fingerprint density at radius 1 is 1.25 bits per heavy atom. The third-order valence-corrected chi connectivity index (χ3v) is 3.60. The summed E-state index contributed by atoms with van der Waals surface area (Å²) in [6.07, 6.45) is -0.465. The van der Waals surface area contributed by atoms with Crippen LogP contribution in [0.4, 0.5) is 14.9 Å². The standard InChI is InChI=1S/C17H18ClFN2O3/c1-23-15-7-6-12(18)9-14(15)21-17(22)20-10-16(24-2)11-4-3-5-13(19)8-11/h3-9,16H,10H2,1-2H3,(H2,20,21,22)/t16-/m0/s1. The van der Waals surface area contributed by atoms with Gasteiger partial charge in [0.25, 0.3) is 0 Å². The summed E-state index contributed by atoms with van der Waals surface area (Å²) >= 11 is 5.92. The summed E-state index contributed by atoms with van der Waals surface area (Å²) in [6, 6.07) is 10.5. The normalized spacial score (nSPS) is 11.7. The van der Waals surface area contributed by atoms with Gasteiger partial charge in [-0.3, -0.25) is 0 Å². The van der Waals surface area contributed by atoms with E-state index in [0.717, 1.165) is 0 Å². The zero-order valence-corrected chi connectivity index (χ0v) is 14.1. The van der Waals surface area contributed by atoms with E-state index in [2.05, 4.69) is 10.6 Å². The van der Waals surface area contributed by atoms with E-state index in [1.54, 1.807) is 30.3 Å². The molecule has 0 radical (unpaired) electrons. The monoisotopic (exact) mass is 352 g/mol. The number of methoxy groups -OCH3 is 2. The number of amides is 2. The quantitative estimate of drug-likeness (QED) is 0.826. The topological polar surface area (TPSA) is 59.6 Å². The number of nitrogens with one attached hydrogen (secondary N) is 2. The Balaban J connectivity index is 1.98. The van der Waals surface area contributed by atoms with Gasteiger partial charge in [-0.05, 0) is 35.9 Å². The Morgan fingerprint density at radius 2 is 2.04 bits per heavy atom. The van der Waals surface area contributed by atoms with E-state index in [1.807, 2.05) is 0 Å². The highest BCUT2D eigenvalue weighted by atomic mass is 35.5. The van der Waals surface area contributed by atoms with Gasteiger partial charge in [-0.25, -0.2) is 9.18 Å². The highest BCUT2D eigenvalue weighted by molar-refractivity contribution is 6.31. The van der Waals surface area contributed by atoms with Crippen molar-refractivity contribution < 1.29 is 18.7 Å². The fourth-order valence-electron chi connectivity index (χ4n) is 2.17. The fourth-order valence-corrected chi connectivity index (χ4v) is 2.35. The molecule has 0 saturated heterocycles. The average molecular weight is 353 g/mol. The van der Waals surface area contributed by atoms with Crippen LogP contribution in [-0.2, 0) is 4.74 Å². The summed E-state index contributed by atoms with van der Waals surface area (Å²) in [7, 11) is 2.99. The highest BCUT2D eigenvalue weighted by Gasteiger charge is 2.14. The molecule has 2 aromatic carbocycles. The smallest absolute Gasteiger partial charge is 0.319 e. The van der Waals surface area contributed by atoms with Crippen molar-refractivity contribution in [2.24, 2.45) is 0 Å². The SMILES string of the molecule is COc1ccc(Cl)cc1NC(=O)NC[C@H](OC)c1cccc(F)c1. The first kappa shape index (κ1) is 18.0. The summed E-state index contributed by atoms with van der Waals surface area (Å²) in [5.74, 6) is 0.130. The zero-order valence-electron chi connectivity index (χ0n) is 13.3. The van der Waals surface area contributed by atoms with Gasteiger partial charge in [0, 0.05) is 18.7 Å². The Hall–Kier alpha value is -2.31. The van der Waals surface area contributed by atoms with E-state index >= 15 is 0 Å². The lowest BCUT2D eigenvalue weighted by molar-refractivity contribution is 0.104. The van der Waals surface area contributed by atoms with Gasteiger partial charge in [-0.2, -0.15) is 0 Å². The second-order valence-electron chi connectivity index (χ2n) is 4.96. The number of hydrogen-bond donors (Lipinski definition) is 2. The van der Waals surface area contributed by atoms with Crippen molar-refractivity contribution in [2.75, 3.05) is 26.1 Å². The van der Waals surface area contributed by atoms with Gasteiger partial charge in [0.1, 0.15) is 11.6 Å². The van der Waals surface area contributed by atoms with Gasteiger partial charge in [-0.15, -0.1) is 0 Å². The van der Waals surface area contributed by atoms with Gasteiger partial charge in [0.2, 0.25) is 0 Å². The lowest BCUT2D eigenvalue weighted by Gasteiger charge is -2.17. The molecule has 0 saturated carbocycles. The number of anilines is 1. The minimum atomic E-state index is -0.465. The van der Waals surface area contributed by atoms with Crippen molar-refractivity contribution >= 4 is 23.3 Å². The van der Waals surface area contributed by atoms with Crippen molar-refractivity contribution in [3.05, 3.63) is 58.9 Å². The van der Waals surface area contributed by atoms with Crippen LogP contribution in [0.2, 0.25) is 5.02 Å². The van der Waals surface area contributed by atoms with Gasteiger partial charge < -0.3 is 20.1 Å². The van der Waals surface area contributed by atoms with Gasteiger partial charge in [-0.1, -0.05) is 23.7 Å². The van der Waals surface area contributed by atoms with Crippen molar-refractivity contribution in [1.29, 1.82) is 0 Å². The third-order valence-electron chi connectivity index (χ3n) is 3.36. The molecule has 0 spiro atoms. The zero-order chi connectivity index (χ0) is 17.5. The number of benzene rings is 2. The minimum absolute atomic E-state index is 0.175. The molecule has 0 aliphatic carbocycles. The molecule has 0 aliphatic heterocycles. The van der Waals surface area contributed by atoms with Crippen LogP contribution >= 0.6 is 11.6 Å². The van der Waals surface area contributed by atoms with Crippen LogP contribution in [0, 0.1) is 5.82 Å². The molecule has 2 rings (SSSR count). The largest absolute Gasteiger partial charge is 0.495 e. The maximum absolute atomic E-state index is 13.3. The van der Waals surface area contributed by atoms with Crippen molar-refractivity contribution in [3.63, 3.8) is 0 Å². The summed E-state index contributed by atoms with van der Waals surface area (Å²) in [6.45, 7) is 0.175. The predicted octanol–water partition coefficient (Wildman–Crippen LogP) is 4.00. The van der Waals surface area contributed by atoms with E-state index in [0.29, 0.717) is 22.0 Å². The number of carbonyl (C=O) groups is 1. The van der Waals surface area contributed by atoms with Crippen molar-refractivity contribution in [3.8, 4) is 5.75 Å². The Kier molecular flexibility index (Phi) is 6.40. The molecule has 128 valence electrons. The van der Waals surface area contributed by atoms with Crippen LogP contribution < -0.4 is 15.4 Å². The number of rotatable bonds is 6. The van der Waals surface area contributed by atoms with Crippen LogP contribution in [0.5, 0.6) is 5.75 Å². The van der Waals surface area contributed by atoms with Crippen LogP contribution in [0.1, 0.15) is 11.7 Å². The van der Waals surface area contributed by atoms with E-state index in [9.17, 15) is 9.18 Å². The lowest BCUT2D eigenvalue weighted by atomic mass is 10.1. The molecule has 2 N–H and O–H groups in total. The maximum atomic E-state index is 13.3. The molecule has 24 heavy (non-hydrogen) atoms. The second-order valence-corrected chi connectivity index (χ2v) is 5.40. The Bertz CT molecular complexity index is 712. The first-order chi connectivity index (χ1) is 11.5. The first-order valence-corrected chi connectivity index (χ1v) is 7.58. The molecule has 5 nitrogen and oxygen atoms in total. The van der Waals surface area contributed by atoms with E-state index in [1.165, 1.54) is 26.4 Å². The van der Waals surface area contributed by atoms with Crippen LogP contribution in [0.15, 0.2) is 42.5 Å². The second kappa shape index (κ2) is 8.52. The summed E-state index contributed by atoms with van der Waals surface area (Å²) in [5, 5.41) is 5.80. The van der Waals surface area contributed by atoms with Crippen molar-refractivity contribution in [1.82, 2.24) is 5.32 Å². The fraction of sp³-hybridized carbons (Fsp3) is 0.235. The average Bonchev–Trinajstić information content (AvgIpc) is 2.56. The molecule has 0 unspecified atom stereocenters. The maximum Gasteiger partial charge on any atom is 0.319 e. The van der Waals surface area contributed by atoms with Gasteiger partial charge in [0.05, 0.1) is 18.9 Å². The molecule has 0 fully saturated rings. The lowest BCUT2D eigenvalue weighted by Crippen LogP contribution is -2.33. The van der Waals surface area contributed by atoms with Crippen LogP contribution in [0.3, 0.4) is 0 Å². The van der Waals surface area contributed by atoms with Crippen LogP contribution in [0.25, 0.3) is 0 Å². The summed E-state index contributed by atoms with van der Waals surface area (Å²) in [4.78, 5) is 12.1. The summed E-state index contributed by atoms with van der Waals surface area (Å²) < 4.78 is 23.8. The molecule has 0 bridgehead atoms. The molecule has 0 aliphatic rings. The Labute approximate surface area is 144 Å². The molecule has 2 amide bonds. The van der Waals surface area contributed by atoms with E-state index in [4.69, 9.17) is 21.1 Å². The predicted molar refractivity (Wildman–Crippen MR) is 91.2 cm³/mol. The molecule has 2 aromatic rings. The molecule has 0 heterocycles. The highest BCUT2D eigenvalue weighted by Crippen LogP contribution is 2.27. The molecule has 7 heteroatoms. The molecular weight excluding hydrogens is 335 g/mol.